The molecule has 15 heavy (non-hydrogen) atoms. The zero-order chi connectivity index (χ0) is 11.8. The van der Waals surface area contributed by atoms with Gasteiger partial charge in [0.25, 0.3) is 5.91 Å². The summed E-state index contributed by atoms with van der Waals surface area (Å²) in [4.78, 5) is 13.7. The summed E-state index contributed by atoms with van der Waals surface area (Å²) in [5.41, 5.74) is -0.128. The van der Waals surface area contributed by atoms with Gasteiger partial charge in [0.2, 0.25) is 0 Å². The van der Waals surface area contributed by atoms with Gasteiger partial charge in [-0.05, 0) is 24.6 Å². The van der Waals surface area contributed by atoms with E-state index in [1.165, 1.54) is 0 Å². The fourth-order valence-electron chi connectivity index (χ4n) is 1.57. The minimum Gasteiger partial charge on any atom is -0.350 e. The van der Waals surface area contributed by atoms with Gasteiger partial charge in [-0.2, -0.15) is 0 Å². The largest absolute Gasteiger partial charge is 0.350 e. The van der Waals surface area contributed by atoms with Crippen LogP contribution in [0, 0.1) is 5.41 Å². The Bertz CT molecular complexity index is 306. The molecule has 0 spiro atoms. The van der Waals surface area contributed by atoms with Gasteiger partial charge in [-0.15, -0.1) is 6.58 Å². The Kier molecular flexibility index (Phi) is 3.19. The zero-order valence-corrected chi connectivity index (χ0v) is 10.5. The van der Waals surface area contributed by atoms with E-state index in [-0.39, 0.29) is 23.4 Å². The summed E-state index contributed by atoms with van der Waals surface area (Å²) in [7, 11) is 0. The van der Waals surface area contributed by atoms with E-state index in [0.717, 1.165) is 0 Å². The lowest BCUT2D eigenvalue weighted by Crippen LogP contribution is -2.42. The highest BCUT2D eigenvalue weighted by atomic mass is 32.1. The summed E-state index contributed by atoms with van der Waals surface area (Å²) in [5.74, 6) is 0.0416. The molecule has 1 unspecified atom stereocenters. The van der Waals surface area contributed by atoms with Crippen LogP contribution in [-0.4, -0.2) is 28.0 Å². The minimum atomic E-state index is -0.229. The van der Waals surface area contributed by atoms with Gasteiger partial charge in [0.1, 0.15) is 6.04 Å². The van der Waals surface area contributed by atoms with Crippen molar-refractivity contribution in [3.8, 4) is 0 Å². The van der Waals surface area contributed by atoms with Gasteiger partial charge in [0, 0.05) is 0 Å². The summed E-state index contributed by atoms with van der Waals surface area (Å²) >= 11 is 5.15. The van der Waals surface area contributed by atoms with Crippen LogP contribution in [0.1, 0.15) is 27.7 Å². The number of carbonyl (C=O) groups excluding carboxylic acids is 1. The van der Waals surface area contributed by atoms with Crippen LogP contribution in [-0.2, 0) is 4.79 Å². The summed E-state index contributed by atoms with van der Waals surface area (Å²) < 4.78 is 0. The van der Waals surface area contributed by atoms with Crippen LogP contribution in [0.3, 0.4) is 0 Å². The molecule has 1 saturated heterocycles. The number of rotatable bonds is 2. The van der Waals surface area contributed by atoms with Crippen molar-refractivity contribution in [2.24, 2.45) is 5.41 Å². The standard InChI is InChI=1S/C11H18N2OS/c1-6-7(2)13-9(14)8(11(3,4)5)12-10(13)15/h6-8H,1H2,2-5H3,(H,12,15)/t7?,8-/m0/s1. The van der Waals surface area contributed by atoms with Crippen molar-refractivity contribution < 1.29 is 4.79 Å². The molecule has 1 aliphatic rings. The van der Waals surface area contributed by atoms with Crippen LogP contribution in [0.15, 0.2) is 12.7 Å². The van der Waals surface area contributed by atoms with E-state index in [4.69, 9.17) is 12.2 Å². The molecule has 1 heterocycles. The van der Waals surface area contributed by atoms with Gasteiger partial charge >= 0.3 is 0 Å². The summed E-state index contributed by atoms with van der Waals surface area (Å²) in [6.07, 6.45) is 1.72. The molecule has 0 aromatic rings. The lowest BCUT2D eigenvalue weighted by atomic mass is 9.87. The molecule has 84 valence electrons. The molecule has 1 amide bonds. The molecule has 1 fully saturated rings. The average molecular weight is 226 g/mol. The number of hydrogen-bond donors (Lipinski definition) is 1. The van der Waals surface area contributed by atoms with Crippen molar-refractivity contribution in [3.05, 3.63) is 12.7 Å². The first-order valence-corrected chi connectivity index (χ1v) is 5.46. The molecule has 0 aromatic heterocycles. The number of hydrogen-bond acceptors (Lipinski definition) is 2. The molecule has 3 nitrogen and oxygen atoms in total. The molecule has 0 saturated carbocycles. The SMILES string of the molecule is C=CC(C)N1C(=O)[C@@H](C(C)(C)C)NC1=S. The van der Waals surface area contributed by atoms with E-state index in [1.54, 1.807) is 11.0 Å². The molecule has 0 bridgehead atoms. The van der Waals surface area contributed by atoms with Gasteiger partial charge in [0.15, 0.2) is 5.11 Å². The van der Waals surface area contributed by atoms with Crippen molar-refractivity contribution >= 4 is 23.2 Å². The van der Waals surface area contributed by atoms with Gasteiger partial charge in [-0.3, -0.25) is 9.69 Å². The molecule has 1 N–H and O–H groups in total. The van der Waals surface area contributed by atoms with Crippen LogP contribution in [0.2, 0.25) is 0 Å². The minimum absolute atomic E-state index is 0.0416. The lowest BCUT2D eigenvalue weighted by molar-refractivity contribution is -0.129. The number of carbonyl (C=O) groups is 1. The molecule has 0 aromatic carbocycles. The van der Waals surface area contributed by atoms with E-state index < -0.39 is 0 Å². The Hall–Kier alpha value is -0.900. The third kappa shape index (κ3) is 2.20. The van der Waals surface area contributed by atoms with Crippen LogP contribution >= 0.6 is 12.2 Å². The van der Waals surface area contributed by atoms with Crippen molar-refractivity contribution in [2.75, 3.05) is 0 Å². The highest BCUT2D eigenvalue weighted by Gasteiger charge is 2.43. The van der Waals surface area contributed by atoms with Gasteiger partial charge < -0.3 is 5.32 Å². The molecule has 1 aliphatic heterocycles. The van der Waals surface area contributed by atoms with Crippen LogP contribution in [0.5, 0.6) is 0 Å². The van der Waals surface area contributed by atoms with E-state index in [1.807, 2.05) is 27.7 Å². The first-order valence-electron chi connectivity index (χ1n) is 5.05. The third-order valence-corrected chi connectivity index (χ3v) is 2.90. The maximum Gasteiger partial charge on any atom is 0.252 e. The highest BCUT2D eigenvalue weighted by Crippen LogP contribution is 2.26. The molecule has 4 heteroatoms. The highest BCUT2D eigenvalue weighted by molar-refractivity contribution is 7.80. The number of nitrogens with zero attached hydrogens (tertiary/aromatic N) is 1. The smallest absolute Gasteiger partial charge is 0.252 e. The topological polar surface area (TPSA) is 32.3 Å². The molecule has 0 aliphatic carbocycles. The average Bonchev–Trinajstić information content (AvgIpc) is 2.40. The summed E-state index contributed by atoms with van der Waals surface area (Å²) in [6, 6.07) is -0.280. The lowest BCUT2D eigenvalue weighted by Gasteiger charge is -2.25. The normalized spacial score (nSPS) is 24.0. The molecule has 1 rings (SSSR count). The predicted molar refractivity (Wildman–Crippen MR) is 65.5 cm³/mol. The monoisotopic (exact) mass is 226 g/mol. The maximum atomic E-state index is 12.1. The number of thiocarbonyl (C=S) groups is 1. The number of amides is 1. The Morgan fingerprint density at radius 3 is 2.47 bits per heavy atom. The molecule has 0 radical (unpaired) electrons. The summed E-state index contributed by atoms with van der Waals surface area (Å²) in [6.45, 7) is 11.6. The second-order valence-corrected chi connectivity index (χ2v) is 5.32. The predicted octanol–water partition coefficient (Wildman–Crippen LogP) is 1.69. The Labute approximate surface area is 96.5 Å². The van der Waals surface area contributed by atoms with Crippen LogP contribution in [0.4, 0.5) is 0 Å². The van der Waals surface area contributed by atoms with E-state index in [2.05, 4.69) is 11.9 Å². The quantitative estimate of drug-likeness (QED) is 0.574. The second-order valence-electron chi connectivity index (χ2n) is 4.93. The third-order valence-electron chi connectivity index (χ3n) is 2.59. The van der Waals surface area contributed by atoms with Gasteiger partial charge in [0.05, 0.1) is 6.04 Å². The van der Waals surface area contributed by atoms with E-state index in [0.29, 0.717) is 5.11 Å². The fraction of sp³-hybridized carbons (Fsp3) is 0.636. The fourth-order valence-corrected chi connectivity index (χ4v) is 1.95. The zero-order valence-electron chi connectivity index (χ0n) is 9.70. The van der Waals surface area contributed by atoms with Crippen molar-refractivity contribution in [2.45, 2.75) is 39.8 Å². The van der Waals surface area contributed by atoms with Crippen molar-refractivity contribution in [1.82, 2.24) is 10.2 Å². The van der Waals surface area contributed by atoms with Gasteiger partial charge in [-0.1, -0.05) is 26.8 Å². The summed E-state index contributed by atoms with van der Waals surface area (Å²) in [5, 5.41) is 3.58. The Morgan fingerprint density at radius 2 is 2.13 bits per heavy atom. The first-order chi connectivity index (χ1) is 6.79. The molecular weight excluding hydrogens is 208 g/mol. The van der Waals surface area contributed by atoms with Crippen LogP contribution in [0.25, 0.3) is 0 Å². The van der Waals surface area contributed by atoms with E-state index in [9.17, 15) is 4.79 Å². The Morgan fingerprint density at radius 1 is 1.60 bits per heavy atom. The van der Waals surface area contributed by atoms with E-state index >= 15 is 0 Å². The van der Waals surface area contributed by atoms with Crippen molar-refractivity contribution in [1.29, 1.82) is 0 Å². The molecular formula is C11H18N2OS. The number of nitrogens with one attached hydrogen (secondary N) is 1. The van der Waals surface area contributed by atoms with Gasteiger partial charge in [-0.25, -0.2) is 0 Å². The Balaban J connectivity index is 2.94. The van der Waals surface area contributed by atoms with Crippen molar-refractivity contribution in [3.63, 3.8) is 0 Å². The maximum absolute atomic E-state index is 12.1. The van der Waals surface area contributed by atoms with Crippen LogP contribution < -0.4 is 5.32 Å². The second kappa shape index (κ2) is 3.93. The first kappa shape index (κ1) is 12.2. The molecule has 2 atom stereocenters.